The summed E-state index contributed by atoms with van der Waals surface area (Å²) < 4.78 is 0. The first-order valence-corrected chi connectivity index (χ1v) is 6.07. The monoisotopic (exact) mass is 265 g/mol. The van der Waals surface area contributed by atoms with Crippen molar-refractivity contribution in [1.29, 1.82) is 0 Å². The number of amides is 1. The van der Waals surface area contributed by atoms with Gasteiger partial charge in [-0.15, -0.1) is 11.3 Å². The summed E-state index contributed by atoms with van der Waals surface area (Å²) in [6.45, 7) is 0. The SMILES string of the molecule is O=C(Nc1cccc(Cl)c1)C(=O)c1cccs1. The normalized spacial score (nSPS) is 9.94. The molecule has 0 atom stereocenters. The van der Waals surface area contributed by atoms with Gasteiger partial charge in [-0.2, -0.15) is 0 Å². The van der Waals surface area contributed by atoms with Gasteiger partial charge in [-0.25, -0.2) is 0 Å². The highest BCUT2D eigenvalue weighted by atomic mass is 35.5. The summed E-state index contributed by atoms with van der Waals surface area (Å²) >= 11 is 7.01. The van der Waals surface area contributed by atoms with E-state index in [-0.39, 0.29) is 0 Å². The van der Waals surface area contributed by atoms with E-state index < -0.39 is 11.7 Å². The van der Waals surface area contributed by atoms with Crippen LogP contribution < -0.4 is 5.32 Å². The molecular weight excluding hydrogens is 258 g/mol. The molecule has 1 aromatic heterocycles. The molecule has 0 aliphatic rings. The predicted molar refractivity (Wildman–Crippen MR) is 68.7 cm³/mol. The first-order valence-electron chi connectivity index (χ1n) is 4.81. The van der Waals surface area contributed by atoms with Gasteiger partial charge in [0.05, 0.1) is 4.88 Å². The molecular formula is C12H8ClNO2S. The molecule has 1 aromatic carbocycles. The minimum atomic E-state index is -0.658. The van der Waals surface area contributed by atoms with Crippen molar-refractivity contribution in [3.63, 3.8) is 0 Å². The van der Waals surface area contributed by atoms with Crippen LogP contribution in [0.15, 0.2) is 41.8 Å². The van der Waals surface area contributed by atoms with Gasteiger partial charge < -0.3 is 5.32 Å². The van der Waals surface area contributed by atoms with Gasteiger partial charge in [0.2, 0.25) is 0 Å². The summed E-state index contributed by atoms with van der Waals surface area (Å²) in [7, 11) is 0. The van der Waals surface area contributed by atoms with Crippen LogP contribution in [0.1, 0.15) is 9.67 Å². The molecule has 1 heterocycles. The first-order chi connectivity index (χ1) is 8.16. The van der Waals surface area contributed by atoms with Crippen LogP contribution in [-0.4, -0.2) is 11.7 Å². The second-order valence-electron chi connectivity index (χ2n) is 3.27. The highest BCUT2D eigenvalue weighted by Crippen LogP contribution is 2.16. The summed E-state index contributed by atoms with van der Waals surface area (Å²) in [6.07, 6.45) is 0. The van der Waals surface area contributed by atoms with Gasteiger partial charge in [-0.1, -0.05) is 23.7 Å². The third kappa shape index (κ3) is 2.93. The Labute approximate surface area is 107 Å². The summed E-state index contributed by atoms with van der Waals surface area (Å²) in [5, 5.41) is 4.76. The van der Waals surface area contributed by atoms with Crippen molar-refractivity contribution in [2.45, 2.75) is 0 Å². The zero-order valence-corrected chi connectivity index (χ0v) is 10.2. The van der Waals surface area contributed by atoms with Gasteiger partial charge in [-0.3, -0.25) is 9.59 Å². The fourth-order valence-electron chi connectivity index (χ4n) is 1.27. The highest BCUT2D eigenvalue weighted by molar-refractivity contribution is 7.13. The second kappa shape index (κ2) is 5.12. The van der Waals surface area contributed by atoms with Gasteiger partial charge in [0.25, 0.3) is 11.7 Å². The summed E-state index contributed by atoms with van der Waals surface area (Å²) in [6, 6.07) is 9.99. The lowest BCUT2D eigenvalue weighted by atomic mass is 10.2. The Morgan fingerprint density at radius 1 is 1.18 bits per heavy atom. The molecule has 0 aliphatic carbocycles. The Kier molecular flexibility index (Phi) is 3.56. The third-order valence-electron chi connectivity index (χ3n) is 2.03. The summed E-state index contributed by atoms with van der Waals surface area (Å²) in [5.41, 5.74) is 0.507. The van der Waals surface area contributed by atoms with Crippen molar-refractivity contribution in [2.24, 2.45) is 0 Å². The standard InChI is InChI=1S/C12H8ClNO2S/c13-8-3-1-4-9(7-8)14-12(16)11(15)10-5-2-6-17-10/h1-7H,(H,14,16). The zero-order chi connectivity index (χ0) is 12.3. The fraction of sp³-hybridized carbons (Fsp3) is 0. The Morgan fingerprint density at radius 3 is 2.65 bits per heavy atom. The Bertz CT molecular complexity index is 551. The number of carbonyl (C=O) groups excluding carboxylic acids is 2. The molecule has 0 fully saturated rings. The van der Waals surface area contributed by atoms with Crippen molar-refractivity contribution in [2.75, 3.05) is 5.32 Å². The molecule has 0 unspecified atom stereocenters. The number of thiophene rings is 1. The molecule has 2 aromatic rings. The predicted octanol–water partition coefficient (Wildman–Crippen LogP) is 3.22. The van der Waals surface area contributed by atoms with E-state index in [9.17, 15) is 9.59 Å². The molecule has 0 aliphatic heterocycles. The van der Waals surface area contributed by atoms with Gasteiger partial charge in [0.15, 0.2) is 0 Å². The minimum Gasteiger partial charge on any atom is -0.319 e. The maximum atomic E-state index is 11.7. The number of halogens is 1. The van der Waals surface area contributed by atoms with Crippen LogP contribution in [-0.2, 0) is 4.79 Å². The van der Waals surface area contributed by atoms with E-state index in [0.29, 0.717) is 15.6 Å². The van der Waals surface area contributed by atoms with E-state index >= 15 is 0 Å². The molecule has 2 rings (SSSR count). The smallest absolute Gasteiger partial charge is 0.297 e. The van der Waals surface area contributed by atoms with Crippen molar-refractivity contribution in [1.82, 2.24) is 0 Å². The van der Waals surface area contributed by atoms with Crippen LogP contribution in [0.4, 0.5) is 5.69 Å². The molecule has 1 amide bonds. The molecule has 3 nitrogen and oxygen atoms in total. The molecule has 0 saturated heterocycles. The van der Waals surface area contributed by atoms with E-state index in [0.717, 1.165) is 0 Å². The lowest BCUT2D eigenvalue weighted by Gasteiger charge is -2.03. The van der Waals surface area contributed by atoms with Crippen LogP contribution in [0, 0.1) is 0 Å². The summed E-state index contributed by atoms with van der Waals surface area (Å²) in [5.74, 6) is -1.20. The van der Waals surface area contributed by atoms with Gasteiger partial charge in [-0.05, 0) is 29.6 Å². The largest absolute Gasteiger partial charge is 0.319 e. The average molecular weight is 266 g/mol. The molecule has 1 N–H and O–H groups in total. The Balaban J connectivity index is 2.10. The number of anilines is 1. The van der Waals surface area contributed by atoms with Crippen molar-refractivity contribution < 1.29 is 9.59 Å². The number of hydrogen-bond acceptors (Lipinski definition) is 3. The minimum absolute atomic E-state index is 0.421. The number of rotatable bonds is 3. The molecule has 17 heavy (non-hydrogen) atoms. The quantitative estimate of drug-likeness (QED) is 0.684. The van der Waals surface area contributed by atoms with Gasteiger partial charge in [0.1, 0.15) is 0 Å². The van der Waals surface area contributed by atoms with Crippen LogP contribution in [0.3, 0.4) is 0 Å². The number of carbonyl (C=O) groups is 2. The van der Waals surface area contributed by atoms with Gasteiger partial charge >= 0.3 is 0 Å². The lowest BCUT2D eigenvalue weighted by Crippen LogP contribution is -2.21. The zero-order valence-electron chi connectivity index (χ0n) is 8.64. The van der Waals surface area contributed by atoms with E-state index in [2.05, 4.69) is 5.32 Å². The van der Waals surface area contributed by atoms with Crippen molar-refractivity contribution >= 4 is 40.3 Å². The topological polar surface area (TPSA) is 46.2 Å². The molecule has 0 spiro atoms. The fourth-order valence-corrected chi connectivity index (χ4v) is 2.12. The van der Waals surface area contributed by atoms with Crippen molar-refractivity contribution in [3.05, 3.63) is 51.7 Å². The van der Waals surface area contributed by atoms with Crippen LogP contribution >= 0.6 is 22.9 Å². The van der Waals surface area contributed by atoms with Crippen LogP contribution in [0.5, 0.6) is 0 Å². The van der Waals surface area contributed by atoms with Crippen LogP contribution in [0.25, 0.3) is 0 Å². The number of benzene rings is 1. The van der Waals surface area contributed by atoms with Gasteiger partial charge in [0, 0.05) is 10.7 Å². The molecule has 5 heteroatoms. The Hall–Kier alpha value is -1.65. The molecule has 86 valence electrons. The van der Waals surface area contributed by atoms with Crippen LogP contribution in [0.2, 0.25) is 5.02 Å². The summed E-state index contributed by atoms with van der Waals surface area (Å²) in [4.78, 5) is 23.7. The third-order valence-corrected chi connectivity index (χ3v) is 3.14. The van der Waals surface area contributed by atoms with E-state index in [1.54, 1.807) is 41.8 Å². The maximum Gasteiger partial charge on any atom is 0.297 e. The molecule has 0 saturated carbocycles. The molecule has 0 bridgehead atoms. The number of nitrogens with one attached hydrogen (secondary N) is 1. The number of ketones is 1. The number of hydrogen-bond donors (Lipinski definition) is 1. The number of Topliss-reactive ketones (excluding diaryl/α,β-unsaturated/α-hetero) is 1. The second-order valence-corrected chi connectivity index (χ2v) is 4.66. The maximum absolute atomic E-state index is 11.7. The van der Waals surface area contributed by atoms with Crippen molar-refractivity contribution in [3.8, 4) is 0 Å². The Morgan fingerprint density at radius 2 is 2.00 bits per heavy atom. The van der Waals surface area contributed by atoms with E-state index in [1.807, 2.05) is 0 Å². The first kappa shape index (κ1) is 11.8. The van der Waals surface area contributed by atoms with E-state index in [1.165, 1.54) is 11.3 Å². The average Bonchev–Trinajstić information content (AvgIpc) is 2.81. The lowest BCUT2D eigenvalue weighted by molar-refractivity contribution is -0.112. The highest BCUT2D eigenvalue weighted by Gasteiger charge is 2.16. The van der Waals surface area contributed by atoms with E-state index in [4.69, 9.17) is 11.6 Å². The molecule has 0 radical (unpaired) electrons.